The first-order valence-electron chi connectivity index (χ1n) is 9.06. The van der Waals surface area contributed by atoms with E-state index in [0.29, 0.717) is 11.3 Å². The smallest absolute Gasteiger partial charge is 0.254 e. The Hall–Kier alpha value is -2.84. The quantitative estimate of drug-likeness (QED) is 0.731. The number of rotatable bonds is 5. The van der Waals surface area contributed by atoms with Gasteiger partial charge in [0.1, 0.15) is 6.33 Å². The van der Waals surface area contributed by atoms with Gasteiger partial charge in [-0.1, -0.05) is 12.1 Å². The summed E-state index contributed by atoms with van der Waals surface area (Å²) in [4.78, 5) is 19.2. The van der Waals surface area contributed by atoms with Crippen molar-refractivity contribution in [3.05, 3.63) is 48.5 Å². The lowest BCUT2D eigenvalue weighted by Gasteiger charge is -2.29. The van der Waals surface area contributed by atoms with Crippen LogP contribution in [0.1, 0.15) is 17.3 Å². The molecule has 3 heterocycles. The summed E-state index contributed by atoms with van der Waals surface area (Å²) in [6, 6.07) is 7.61. The molecule has 8 nitrogen and oxygen atoms in total. The lowest BCUT2D eigenvalue weighted by atomic mass is 10.1. The number of hydrogen-bond acceptors (Lipinski definition) is 6. The Morgan fingerprint density at radius 2 is 2.15 bits per heavy atom. The summed E-state index contributed by atoms with van der Waals surface area (Å²) in [7, 11) is 0. The summed E-state index contributed by atoms with van der Waals surface area (Å²) in [6.45, 7) is 6.19. The summed E-state index contributed by atoms with van der Waals surface area (Å²) in [6.07, 6.45) is 5.25. The molecule has 1 atom stereocenters. The molecule has 1 saturated heterocycles. The first-order valence-corrected chi connectivity index (χ1v) is 9.06. The highest BCUT2D eigenvalue weighted by molar-refractivity contribution is 5.95. The second-order valence-electron chi connectivity index (χ2n) is 6.75. The van der Waals surface area contributed by atoms with Crippen LogP contribution >= 0.6 is 0 Å². The van der Waals surface area contributed by atoms with Gasteiger partial charge in [0, 0.05) is 49.2 Å². The van der Waals surface area contributed by atoms with E-state index in [-0.39, 0.29) is 11.9 Å². The molecule has 0 spiro atoms. The monoisotopic (exact) mass is 366 g/mol. The number of nitrogens with one attached hydrogen (secondary N) is 1. The molecule has 1 fully saturated rings. The number of amides is 1. The van der Waals surface area contributed by atoms with E-state index in [1.165, 1.54) is 0 Å². The van der Waals surface area contributed by atoms with Crippen LogP contribution in [0.4, 0.5) is 0 Å². The SMILES string of the molecule is C[C@@H](CN1CCOCC1)NC(=O)c1cccc(-c2cnc3nncn3c2)c1. The molecular weight excluding hydrogens is 344 g/mol. The van der Waals surface area contributed by atoms with E-state index in [9.17, 15) is 4.79 Å². The van der Waals surface area contributed by atoms with Crippen LogP contribution in [0.2, 0.25) is 0 Å². The fraction of sp³-hybridized carbons (Fsp3) is 0.368. The average Bonchev–Trinajstić information content (AvgIpc) is 3.16. The van der Waals surface area contributed by atoms with Crippen molar-refractivity contribution in [2.24, 2.45) is 0 Å². The number of ether oxygens (including phenoxy) is 1. The third-order valence-corrected chi connectivity index (χ3v) is 4.62. The fourth-order valence-electron chi connectivity index (χ4n) is 3.24. The van der Waals surface area contributed by atoms with Crippen LogP contribution in [0.15, 0.2) is 43.0 Å². The standard InChI is InChI=1S/C19H22N6O2/c1-14(11-24-5-7-27-8-6-24)22-18(26)16-4-2-3-15(9-16)17-10-20-19-23-21-13-25(19)12-17/h2-4,9-10,12-14H,5-8,11H2,1H3,(H,22,26)/t14-/m0/s1. The van der Waals surface area contributed by atoms with Crippen molar-refractivity contribution in [3.63, 3.8) is 0 Å². The molecule has 0 bridgehead atoms. The van der Waals surface area contributed by atoms with Crippen molar-refractivity contribution in [2.45, 2.75) is 13.0 Å². The number of carbonyl (C=O) groups is 1. The van der Waals surface area contributed by atoms with Crippen LogP contribution in [-0.2, 0) is 4.74 Å². The zero-order valence-electron chi connectivity index (χ0n) is 15.2. The van der Waals surface area contributed by atoms with Gasteiger partial charge in [-0.05, 0) is 24.6 Å². The predicted octanol–water partition coefficient (Wildman–Crippen LogP) is 1.24. The topological polar surface area (TPSA) is 84.6 Å². The maximum absolute atomic E-state index is 12.7. The number of carbonyl (C=O) groups excluding carboxylic acids is 1. The summed E-state index contributed by atoms with van der Waals surface area (Å²) >= 11 is 0. The van der Waals surface area contributed by atoms with Gasteiger partial charge >= 0.3 is 0 Å². The highest BCUT2D eigenvalue weighted by Crippen LogP contribution is 2.20. The van der Waals surface area contributed by atoms with Crippen LogP contribution < -0.4 is 5.32 Å². The molecule has 4 rings (SSSR count). The van der Waals surface area contributed by atoms with Crippen LogP contribution in [0.25, 0.3) is 16.9 Å². The fourth-order valence-corrected chi connectivity index (χ4v) is 3.24. The van der Waals surface area contributed by atoms with Crippen molar-refractivity contribution >= 4 is 11.7 Å². The normalized spacial score (nSPS) is 16.3. The maximum Gasteiger partial charge on any atom is 0.254 e. The predicted molar refractivity (Wildman–Crippen MR) is 100 cm³/mol. The second-order valence-corrected chi connectivity index (χ2v) is 6.75. The average molecular weight is 366 g/mol. The van der Waals surface area contributed by atoms with Gasteiger partial charge in [-0.3, -0.25) is 14.1 Å². The highest BCUT2D eigenvalue weighted by atomic mass is 16.5. The summed E-state index contributed by atoms with van der Waals surface area (Å²) < 4.78 is 7.12. The zero-order valence-corrected chi connectivity index (χ0v) is 15.2. The molecule has 1 aliphatic rings. The van der Waals surface area contributed by atoms with Crippen molar-refractivity contribution in [2.75, 3.05) is 32.8 Å². The van der Waals surface area contributed by atoms with Gasteiger partial charge in [0.15, 0.2) is 0 Å². The van der Waals surface area contributed by atoms with E-state index >= 15 is 0 Å². The highest BCUT2D eigenvalue weighted by Gasteiger charge is 2.16. The molecule has 0 aliphatic carbocycles. The third kappa shape index (κ3) is 4.12. The molecule has 8 heteroatoms. The Morgan fingerprint density at radius 1 is 1.30 bits per heavy atom. The van der Waals surface area contributed by atoms with E-state index in [0.717, 1.165) is 44.0 Å². The van der Waals surface area contributed by atoms with Crippen LogP contribution in [0.5, 0.6) is 0 Å². The largest absolute Gasteiger partial charge is 0.379 e. The Morgan fingerprint density at radius 3 is 3.00 bits per heavy atom. The summed E-state index contributed by atoms with van der Waals surface area (Å²) in [5, 5.41) is 10.8. The van der Waals surface area contributed by atoms with Gasteiger partial charge in [-0.15, -0.1) is 10.2 Å². The lowest BCUT2D eigenvalue weighted by molar-refractivity contribution is 0.0342. The molecule has 3 aromatic rings. The Kier molecular flexibility index (Phi) is 5.08. The Labute approximate surface area is 157 Å². The third-order valence-electron chi connectivity index (χ3n) is 4.62. The maximum atomic E-state index is 12.7. The minimum atomic E-state index is -0.0732. The summed E-state index contributed by atoms with van der Waals surface area (Å²) in [5.41, 5.74) is 2.45. The molecular formula is C19H22N6O2. The number of fused-ring (bicyclic) bond motifs is 1. The van der Waals surface area contributed by atoms with E-state index in [4.69, 9.17) is 4.74 Å². The van der Waals surface area contributed by atoms with Gasteiger partial charge in [0.05, 0.1) is 13.2 Å². The number of aromatic nitrogens is 4. The number of hydrogen-bond donors (Lipinski definition) is 1. The van der Waals surface area contributed by atoms with E-state index in [1.807, 2.05) is 37.4 Å². The van der Waals surface area contributed by atoms with Crippen LogP contribution in [-0.4, -0.2) is 69.3 Å². The first-order chi connectivity index (χ1) is 13.2. The first kappa shape index (κ1) is 17.6. The molecule has 0 radical (unpaired) electrons. The van der Waals surface area contributed by atoms with E-state index in [1.54, 1.807) is 16.9 Å². The Balaban J connectivity index is 1.45. The van der Waals surface area contributed by atoms with Crippen molar-refractivity contribution in [3.8, 4) is 11.1 Å². The minimum Gasteiger partial charge on any atom is -0.379 e. The van der Waals surface area contributed by atoms with Crippen LogP contribution in [0.3, 0.4) is 0 Å². The number of benzene rings is 1. The second kappa shape index (κ2) is 7.81. The molecule has 1 aliphatic heterocycles. The number of morpholine rings is 1. The minimum absolute atomic E-state index is 0.0642. The molecule has 2 aromatic heterocycles. The van der Waals surface area contributed by atoms with Crippen LogP contribution in [0, 0.1) is 0 Å². The van der Waals surface area contributed by atoms with Gasteiger partial charge in [0.25, 0.3) is 11.7 Å². The number of nitrogens with zero attached hydrogens (tertiary/aromatic N) is 5. The molecule has 27 heavy (non-hydrogen) atoms. The molecule has 140 valence electrons. The summed E-state index contributed by atoms with van der Waals surface area (Å²) in [5.74, 6) is 0.473. The Bertz CT molecular complexity index is 935. The molecule has 1 amide bonds. The van der Waals surface area contributed by atoms with E-state index < -0.39 is 0 Å². The van der Waals surface area contributed by atoms with Crippen molar-refractivity contribution in [1.82, 2.24) is 29.8 Å². The molecule has 0 saturated carbocycles. The zero-order chi connectivity index (χ0) is 18.6. The van der Waals surface area contributed by atoms with Gasteiger partial charge in [-0.25, -0.2) is 4.98 Å². The molecule has 0 unspecified atom stereocenters. The van der Waals surface area contributed by atoms with E-state index in [2.05, 4.69) is 25.4 Å². The lowest BCUT2D eigenvalue weighted by Crippen LogP contribution is -2.46. The van der Waals surface area contributed by atoms with Gasteiger partial charge in [-0.2, -0.15) is 0 Å². The van der Waals surface area contributed by atoms with Crippen molar-refractivity contribution < 1.29 is 9.53 Å². The van der Waals surface area contributed by atoms with Crippen molar-refractivity contribution in [1.29, 1.82) is 0 Å². The van der Waals surface area contributed by atoms with Gasteiger partial charge in [0.2, 0.25) is 0 Å². The molecule has 1 N–H and O–H groups in total. The molecule has 1 aromatic carbocycles. The van der Waals surface area contributed by atoms with Gasteiger partial charge < -0.3 is 10.1 Å².